The van der Waals surface area contributed by atoms with Gasteiger partial charge in [0.25, 0.3) is 0 Å². The first kappa shape index (κ1) is 15.7. The molecule has 0 radical (unpaired) electrons. The highest BCUT2D eigenvalue weighted by atomic mass is 16.3. The average Bonchev–Trinajstić information content (AvgIpc) is 2.34. The molecule has 1 unspecified atom stereocenters. The van der Waals surface area contributed by atoms with Crippen LogP contribution < -0.4 is 5.73 Å². The molecular weight excluding hydrogens is 238 g/mol. The van der Waals surface area contributed by atoms with Gasteiger partial charge >= 0.3 is 0 Å². The molecule has 0 saturated heterocycles. The number of carbonyl (C=O) groups is 1. The Hall–Kier alpha value is -1.35. The number of rotatable bonds is 8. The molecule has 0 aliphatic carbocycles. The first-order valence-corrected chi connectivity index (χ1v) is 7.02. The number of carbonyl (C=O) groups excluding carboxylic acids is 1. The molecule has 19 heavy (non-hydrogen) atoms. The standard InChI is InChI=1S/C16H25NO2/c1-12(2)14(8-9-17)6-7-16(19)11-13-4-3-5-15(18)10-13/h3-5,10,12,14,18H,6-9,11,17H2,1-2H3. The Kier molecular flexibility index (Phi) is 6.57. The molecule has 0 aromatic heterocycles. The lowest BCUT2D eigenvalue weighted by atomic mass is 9.87. The smallest absolute Gasteiger partial charge is 0.137 e. The van der Waals surface area contributed by atoms with Crippen molar-refractivity contribution in [2.45, 2.75) is 39.5 Å². The van der Waals surface area contributed by atoms with E-state index in [4.69, 9.17) is 5.73 Å². The van der Waals surface area contributed by atoms with Gasteiger partial charge in [0.2, 0.25) is 0 Å². The summed E-state index contributed by atoms with van der Waals surface area (Å²) in [5, 5.41) is 9.36. The summed E-state index contributed by atoms with van der Waals surface area (Å²) in [4.78, 5) is 11.9. The molecule has 0 aliphatic rings. The van der Waals surface area contributed by atoms with Crippen molar-refractivity contribution in [3.63, 3.8) is 0 Å². The molecule has 0 fully saturated rings. The molecule has 1 aromatic carbocycles. The summed E-state index contributed by atoms with van der Waals surface area (Å²) in [6.07, 6.45) is 2.89. The monoisotopic (exact) mass is 263 g/mol. The summed E-state index contributed by atoms with van der Waals surface area (Å²) in [5.41, 5.74) is 6.48. The number of ketones is 1. The molecule has 3 N–H and O–H groups in total. The molecule has 1 atom stereocenters. The van der Waals surface area contributed by atoms with Crippen LogP contribution >= 0.6 is 0 Å². The Morgan fingerprint density at radius 1 is 1.32 bits per heavy atom. The highest BCUT2D eigenvalue weighted by molar-refractivity contribution is 5.80. The van der Waals surface area contributed by atoms with Crippen molar-refractivity contribution in [3.8, 4) is 5.75 Å². The van der Waals surface area contributed by atoms with Gasteiger partial charge in [0, 0.05) is 12.8 Å². The minimum atomic E-state index is 0.216. The first-order chi connectivity index (χ1) is 9.02. The predicted molar refractivity (Wildman–Crippen MR) is 78.1 cm³/mol. The van der Waals surface area contributed by atoms with Crippen molar-refractivity contribution in [2.75, 3.05) is 6.54 Å². The van der Waals surface area contributed by atoms with Crippen LogP contribution in [0.25, 0.3) is 0 Å². The number of hydrogen-bond donors (Lipinski definition) is 2. The summed E-state index contributed by atoms with van der Waals surface area (Å²) < 4.78 is 0. The molecule has 0 saturated carbocycles. The second-order valence-corrected chi connectivity index (χ2v) is 5.51. The van der Waals surface area contributed by atoms with Crippen molar-refractivity contribution >= 4 is 5.78 Å². The van der Waals surface area contributed by atoms with Crippen LogP contribution in [0.4, 0.5) is 0 Å². The van der Waals surface area contributed by atoms with Gasteiger partial charge < -0.3 is 10.8 Å². The van der Waals surface area contributed by atoms with Crippen LogP contribution in [0, 0.1) is 11.8 Å². The number of Topliss-reactive ketones (excluding diaryl/α,β-unsaturated/α-hetero) is 1. The minimum Gasteiger partial charge on any atom is -0.508 e. The maximum absolute atomic E-state index is 11.9. The number of phenolic OH excluding ortho intramolecular Hbond substituents is 1. The van der Waals surface area contributed by atoms with E-state index in [0.717, 1.165) is 18.4 Å². The van der Waals surface area contributed by atoms with Crippen LogP contribution in [0.15, 0.2) is 24.3 Å². The maximum atomic E-state index is 11.9. The summed E-state index contributed by atoms with van der Waals surface area (Å²) in [6.45, 7) is 5.05. The van der Waals surface area contributed by atoms with Crippen molar-refractivity contribution in [3.05, 3.63) is 29.8 Å². The zero-order chi connectivity index (χ0) is 14.3. The third-order valence-corrected chi connectivity index (χ3v) is 3.59. The maximum Gasteiger partial charge on any atom is 0.137 e. The van der Waals surface area contributed by atoms with E-state index >= 15 is 0 Å². The van der Waals surface area contributed by atoms with Gasteiger partial charge in [0.15, 0.2) is 0 Å². The average molecular weight is 263 g/mol. The molecule has 1 aromatic rings. The van der Waals surface area contributed by atoms with E-state index in [1.54, 1.807) is 18.2 Å². The number of aromatic hydroxyl groups is 1. The quantitative estimate of drug-likeness (QED) is 0.758. The third kappa shape index (κ3) is 5.88. The second-order valence-electron chi connectivity index (χ2n) is 5.51. The van der Waals surface area contributed by atoms with Gasteiger partial charge in [-0.15, -0.1) is 0 Å². The van der Waals surface area contributed by atoms with E-state index < -0.39 is 0 Å². The van der Waals surface area contributed by atoms with Crippen molar-refractivity contribution in [1.29, 1.82) is 0 Å². The topological polar surface area (TPSA) is 63.3 Å². The lowest BCUT2D eigenvalue weighted by molar-refractivity contribution is -0.118. The van der Waals surface area contributed by atoms with E-state index in [0.29, 0.717) is 31.2 Å². The first-order valence-electron chi connectivity index (χ1n) is 7.02. The summed E-state index contributed by atoms with van der Waals surface area (Å²) in [7, 11) is 0. The number of phenols is 1. The van der Waals surface area contributed by atoms with Crippen molar-refractivity contribution in [2.24, 2.45) is 17.6 Å². The highest BCUT2D eigenvalue weighted by Crippen LogP contribution is 2.21. The molecule has 1 rings (SSSR count). The van der Waals surface area contributed by atoms with Crippen LogP contribution in [-0.2, 0) is 11.2 Å². The lowest BCUT2D eigenvalue weighted by Gasteiger charge is -2.19. The zero-order valence-electron chi connectivity index (χ0n) is 11.9. The van der Waals surface area contributed by atoms with E-state index in [2.05, 4.69) is 13.8 Å². The van der Waals surface area contributed by atoms with Crippen LogP contribution in [0.1, 0.15) is 38.7 Å². The van der Waals surface area contributed by atoms with Crippen LogP contribution in [-0.4, -0.2) is 17.4 Å². The molecule has 3 heteroatoms. The number of nitrogens with two attached hydrogens (primary N) is 1. The van der Waals surface area contributed by atoms with Crippen LogP contribution in [0.5, 0.6) is 5.75 Å². The summed E-state index contributed by atoms with van der Waals surface area (Å²) in [5.74, 6) is 1.54. The molecule has 0 bridgehead atoms. The van der Waals surface area contributed by atoms with E-state index in [-0.39, 0.29) is 11.5 Å². The normalized spacial score (nSPS) is 12.6. The summed E-state index contributed by atoms with van der Waals surface area (Å²) in [6, 6.07) is 6.91. The van der Waals surface area contributed by atoms with Crippen molar-refractivity contribution in [1.82, 2.24) is 0 Å². The Labute approximate surface area is 115 Å². The van der Waals surface area contributed by atoms with Gasteiger partial charge in [-0.3, -0.25) is 4.79 Å². The SMILES string of the molecule is CC(C)C(CCN)CCC(=O)Cc1cccc(O)c1. The molecule has 0 spiro atoms. The fraction of sp³-hybridized carbons (Fsp3) is 0.562. The molecule has 0 aliphatic heterocycles. The molecule has 3 nitrogen and oxygen atoms in total. The summed E-state index contributed by atoms with van der Waals surface area (Å²) >= 11 is 0. The van der Waals surface area contributed by atoms with Gasteiger partial charge in [-0.1, -0.05) is 26.0 Å². The van der Waals surface area contributed by atoms with Gasteiger partial charge in [-0.25, -0.2) is 0 Å². The van der Waals surface area contributed by atoms with Gasteiger partial charge in [0.1, 0.15) is 11.5 Å². The van der Waals surface area contributed by atoms with Crippen LogP contribution in [0.2, 0.25) is 0 Å². The lowest BCUT2D eigenvalue weighted by Crippen LogP contribution is -2.16. The van der Waals surface area contributed by atoms with Crippen LogP contribution in [0.3, 0.4) is 0 Å². The third-order valence-electron chi connectivity index (χ3n) is 3.59. The second kappa shape index (κ2) is 7.95. The van der Waals surface area contributed by atoms with E-state index in [1.165, 1.54) is 0 Å². The van der Waals surface area contributed by atoms with E-state index in [1.807, 2.05) is 6.07 Å². The molecule has 106 valence electrons. The molecule has 0 heterocycles. The number of hydrogen-bond acceptors (Lipinski definition) is 3. The number of benzene rings is 1. The molecular formula is C16H25NO2. The predicted octanol–water partition coefficient (Wildman–Crippen LogP) is 2.91. The van der Waals surface area contributed by atoms with E-state index in [9.17, 15) is 9.90 Å². The highest BCUT2D eigenvalue weighted by Gasteiger charge is 2.14. The van der Waals surface area contributed by atoms with Gasteiger partial charge in [-0.2, -0.15) is 0 Å². The van der Waals surface area contributed by atoms with Crippen molar-refractivity contribution < 1.29 is 9.90 Å². The largest absolute Gasteiger partial charge is 0.508 e. The Balaban J connectivity index is 2.42. The Morgan fingerprint density at radius 3 is 2.63 bits per heavy atom. The molecule has 0 amide bonds. The minimum absolute atomic E-state index is 0.216. The van der Waals surface area contributed by atoms with Gasteiger partial charge in [0.05, 0.1) is 0 Å². The fourth-order valence-corrected chi connectivity index (χ4v) is 2.35. The fourth-order valence-electron chi connectivity index (χ4n) is 2.35. The Morgan fingerprint density at radius 2 is 2.05 bits per heavy atom. The Bertz CT molecular complexity index is 401. The van der Waals surface area contributed by atoms with Gasteiger partial charge in [-0.05, 0) is 48.9 Å². The zero-order valence-corrected chi connectivity index (χ0v) is 11.9.